The van der Waals surface area contributed by atoms with Crippen molar-refractivity contribution in [1.29, 1.82) is 0 Å². The molecule has 0 radical (unpaired) electrons. The van der Waals surface area contributed by atoms with Crippen molar-refractivity contribution in [2.75, 3.05) is 31.6 Å². The third-order valence-corrected chi connectivity index (χ3v) is 5.52. The smallest absolute Gasteiger partial charge is 0.238 e. The second kappa shape index (κ2) is 8.23. The molecule has 2 aliphatic heterocycles. The maximum Gasteiger partial charge on any atom is 0.238 e. The highest BCUT2D eigenvalue weighted by atomic mass is 16.6. The summed E-state index contributed by atoms with van der Waals surface area (Å²) in [7, 11) is 0. The molecule has 2 aliphatic rings. The second-order valence-corrected chi connectivity index (χ2v) is 7.86. The van der Waals surface area contributed by atoms with Gasteiger partial charge in [0.2, 0.25) is 5.91 Å². The molecule has 1 amide bonds. The molecular formula is C23H28N2O3. The van der Waals surface area contributed by atoms with Crippen LogP contribution in [0.1, 0.15) is 49.8 Å². The molecule has 5 nitrogen and oxygen atoms in total. The fourth-order valence-corrected chi connectivity index (χ4v) is 4.00. The minimum Gasteiger partial charge on any atom is -0.486 e. The van der Waals surface area contributed by atoms with Gasteiger partial charge in [-0.05, 0) is 60.7 Å². The molecule has 148 valence electrons. The van der Waals surface area contributed by atoms with E-state index >= 15 is 0 Å². The van der Waals surface area contributed by atoms with Crippen molar-refractivity contribution in [3.63, 3.8) is 0 Å². The summed E-state index contributed by atoms with van der Waals surface area (Å²) in [5.74, 6) is 2.13. The molecule has 28 heavy (non-hydrogen) atoms. The molecule has 2 aromatic carbocycles. The molecule has 1 saturated heterocycles. The number of carbonyl (C=O) groups excluding carboxylic acids is 1. The Hall–Kier alpha value is -2.53. The van der Waals surface area contributed by atoms with Crippen molar-refractivity contribution < 1.29 is 14.3 Å². The third kappa shape index (κ3) is 4.14. The lowest BCUT2D eigenvalue weighted by molar-refractivity contribution is -0.117. The first-order valence-electron chi connectivity index (χ1n) is 10.1. The number of nitrogens with one attached hydrogen (secondary N) is 1. The van der Waals surface area contributed by atoms with Gasteiger partial charge in [-0.15, -0.1) is 0 Å². The van der Waals surface area contributed by atoms with Crippen LogP contribution in [0.5, 0.6) is 11.5 Å². The summed E-state index contributed by atoms with van der Waals surface area (Å²) >= 11 is 0. The van der Waals surface area contributed by atoms with Crippen LogP contribution in [-0.2, 0) is 4.79 Å². The summed E-state index contributed by atoms with van der Waals surface area (Å²) in [6, 6.07) is 14.5. The quantitative estimate of drug-likeness (QED) is 0.837. The predicted molar refractivity (Wildman–Crippen MR) is 110 cm³/mol. The van der Waals surface area contributed by atoms with E-state index in [1.165, 1.54) is 11.1 Å². The molecular weight excluding hydrogens is 352 g/mol. The van der Waals surface area contributed by atoms with E-state index in [1.807, 2.05) is 18.2 Å². The fraction of sp³-hybridized carbons (Fsp3) is 0.435. The number of fused-ring (bicyclic) bond motifs is 1. The molecule has 0 saturated carbocycles. The summed E-state index contributed by atoms with van der Waals surface area (Å²) in [5, 5.41) is 3.03. The fourth-order valence-electron chi connectivity index (χ4n) is 4.00. The molecule has 4 rings (SSSR count). The molecule has 1 fully saturated rings. The van der Waals surface area contributed by atoms with Crippen LogP contribution in [0, 0.1) is 0 Å². The SMILES string of the molecule is CC(C)c1ccc(NC(=O)CN2CCC[C@H]2c2ccc3c(c2)OCCO3)cc1. The van der Waals surface area contributed by atoms with Gasteiger partial charge in [-0.25, -0.2) is 0 Å². The summed E-state index contributed by atoms with van der Waals surface area (Å²) in [6.07, 6.45) is 2.14. The molecule has 2 heterocycles. The minimum atomic E-state index is 0.0294. The van der Waals surface area contributed by atoms with E-state index in [0.717, 1.165) is 36.6 Å². The Morgan fingerprint density at radius 3 is 2.61 bits per heavy atom. The highest BCUT2D eigenvalue weighted by Gasteiger charge is 2.28. The number of benzene rings is 2. The van der Waals surface area contributed by atoms with Crippen LogP contribution in [0.3, 0.4) is 0 Å². The van der Waals surface area contributed by atoms with Gasteiger partial charge in [-0.3, -0.25) is 9.69 Å². The number of hydrogen-bond donors (Lipinski definition) is 1. The van der Waals surface area contributed by atoms with Crippen LogP contribution in [0.25, 0.3) is 0 Å². The summed E-state index contributed by atoms with van der Waals surface area (Å²) < 4.78 is 11.3. The van der Waals surface area contributed by atoms with E-state index in [-0.39, 0.29) is 11.9 Å². The summed E-state index contributed by atoms with van der Waals surface area (Å²) in [4.78, 5) is 14.9. The average Bonchev–Trinajstić information content (AvgIpc) is 3.16. The highest BCUT2D eigenvalue weighted by Crippen LogP contribution is 2.37. The first-order valence-corrected chi connectivity index (χ1v) is 10.1. The number of carbonyl (C=O) groups is 1. The van der Waals surface area contributed by atoms with E-state index in [9.17, 15) is 4.79 Å². The Morgan fingerprint density at radius 1 is 1.11 bits per heavy atom. The zero-order valence-corrected chi connectivity index (χ0v) is 16.6. The molecule has 0 aromatic heterocycles. The summed E-state index contributed by atoms with van der Waals surface area (Å²) in [5.41, 5.74) is 3.32. The minimum absolute atomic E-state index is 0.0294. The van der Waals surface area contributed by atoms with Crippen molar-refractivity contribution in [1.82, 2.24) is 4.90 Å². The number of anilines is 1. The van der Waals surface area contributed by atoms with E-state index < -0.39 is 0 Å². The van der Waals surface area contributed by atoms with Gasteiger partial charge in [0.05, 0.1) is 6.54 Å². The Morgan fingerprint density at radius 2 is 1.86 bits per heavy atom. The van der Waals surface area contributed by atoms with Crippen LogP contribution in [-0.4, -0.2) is 37.1 Å². The number of amides is 1. The van der Waals surface area contributed by atoms with Gasteiger partial charge in [0.15, 0.2) is 11.5 Å². The van der Waals surface area contributed by atoms with Gasteiger partial charge in [0, 0.05) is 11.7 Å². The van der Waals surface area contributed by atoms with E-state index in [4.69, 9.17) is 9.47 Å². The molecule has 0 bridgehead atoms. The Bertz CT molecular complexity index is 832. The van der Waals surface area contributed by atoms with Crippen molar-refractivity contribution in [3.8, 4) is 11.5 Å². The van der Waals surface area contributed by atoms with Gasteiger partial charge in [-0.1, -0.05) is 32.0 Å². The molecule has 2 aromatic rings. The zero-order valence-electron chi connectivity index (χ0n) is 16.6. The van der Waals surface area contributed by atoms with Gasteiger partial charge >= 0.3 is 0 Å². The zero-order chi connectivity index (χ0) is 19.5. The standard InChI is InChI=1S/C23H28N2O3/c1-16(2)17-5-8-19(9-6-17)24-23(26)15-25-11-3-4-20(25)18-7-10-21-22(14-18)28-13-12-27-21/h5-10,14,16,20H,3-4,11-13,15H2,1-2H3,(H,24,26)/t20-/m0/s1. The maximum absolute atomic E-state index is 12.6. The van der Waals surface area contributed by atoms with Crippen LogP contribution < -0.4 is 14.8 Å². The van der Waals surface area contributed by atoms with Crippen LogP contribution in [0.4, 0.5) is 5.69 Å². The summed E-state index contributed by atoms with van der Waals surface area (Å²) in [6.45, 7) is 6.84. The van der Waals surface area contributed by atoms with Gasteiger partial charge in [0.25, 0.3) is 0 Å². The molecule has 0 spiro atoms. The molecule has 1 N–H and O–H groups in total. The topological polar surface area (TPSA) is 50.8 Å². The lowest BCUT2D eigenvalue weighted by Gasteiger charge is -2.26. The first-order chi connectivity index (χ1) is 13.6. The van der Waals surface area contributed by atoms with Gasteiger partial charge in [0.1, 0.15) is 13.2 Å². The normalized spacial score (nSPS) is 19.0. The first kappa shape index (κ1) is 18.8. The molecule has 0 unspecified atom stereocenters. The highest BCUT2D eigenvalue weighted by molar-refractivity contribution is 5.92. The number of ether oxygens (including phenoxy) is 2. The molecule has 5 heteroatoms. The van der Waals surface area contributed by atoms with Crippen LogP contribution >= 0.6 is 0 Å². The lowest BCUT2D eigenvalue weighted by Crippen LogP contribution is -2.33. The third-order valence-electron chi connectivity index (χ3n) is 5.52. The number of likely N-dealkylation sites (tertiary alicyclic amines) is 1. The van der Waals surface area contributed by atoms with Crippen molar-refractivity contribution in [3.05, 3.63) is 53.6 Å². The molecule has 0 aliphatic carbocycles. The number of rotatable bonds is 5. The Labute approximate surface area is 166 Å². The second-order valence-electron chi connectivity index (χ2n) is 7.86. The van der Waals surface area contributed by atoms with E-state index in [2.05, 4.69) is 48.3 Å². The van der Waals surface area contributed by atoms with Crippen molar-refractivity contribution in [2.24, 2.45) is 0 Å². The molecule has 1 atom stereocenters. The van der Waals surface area contributed by atoms with Crippen LogP contribution in [0.2, 0.25) is 0 Å². The van der Waals surface area contributed by atoms with E-state index in [1.54, 1.807) is 0 Å². The van der Waals surface area contributed by atoms with Gasteiger partial charge < -0.3 is 14.8 Å². The monoisotopic (exact) mass is 380 g/mol. The number of nitrogens with zero attached hydrogens (tertiary/aromatic N) is 1. The van der Waals surface area contributed by atoms with Crippen molar-refractivity contribution in [2.45, 2.75) is 38.6 Å². The predicted octanol–water partition coefficient (Wildman–Crippen LogP) is 4.36. The lowest BCUT2D eigenvalue weighted by atomic mass is 10.0. The number of hydrogen-bond acceptors (Lipinski definition) is 4. The average molecular weight is 380 g/mol. The van der Waals surface area contributed by atoms with Gasteiger partial charge in [-0.2, -0.15) is 0 Å². The van der Waals surface area contributed by atoms with Crippen LogP contribution in [0.15, 0.2) is 42.5 Å². The maximum atomic E-state index is 12.6. The Balaban J connectivity index is 1.40. The van der Waals surface area contributed by atoms with E-state index in [0.29, 0.717) is 25.7 Å². The Kier molecular flexibility index (Phi) is 5.53. The van der Waals surface area contributed by atoms with Crippen molar-refractivity contribution >= 4 is 11.6 Å². The largest absolute Gasteiger partial charge is 0.486 e.